The molecule has 0 bridgehead atoms. The van der Waals surface area contributed by atoms with Gasteiger partial charge >= 0.3 is 6.36 Å². The van der Waals surface area contributed by atoms with E-state index >= 15 is 0 Å². The number of thioether (sulfide) groups is 1. The standard InChI is InChI=1S/C15H11F3N2O4S/c16-15(17,18)24-13-4-2-1-3-12(13)19-14(21)9-25-11-7-5-10(6-8-11)20(22)23/h1-8H,9H2,(H,19,21). The van der Waals surface area contributed by atoms with E-state index in [9.17, 15) is 28.1 Å². The number of halogens is 3. The molecule has 0 saturated carbocycles. The normalized spacial score (nSPS) is 11.0. The smallest absolute Gasteiger partial charge is 0.404 e. The largest absolute Gasteiger partial charge is 0.573 e. The number of nitrogens with zero attached hydrogens (tertiary/aromatic N) is 1. The lowest BCUT2D eigenvalue weighted by Crippen LogP contribution is -2.20. The highest BCUT2D eigenvalue weighted by molar-refractivity contribution is 8.00. The highest BCUT2D eigenvalue weighted by atomic mass is 32.2. The van der Waals surface area contributed by atoms with Gasteiger partial charge in [0.15, 0.2) is 5.75 Å². The molecule has 10 heteroatoms. The van der Waals surface area contributed by atoms with Crippen molar-refractivity contribution in [2.75, 3.05) is 11.1 Å². The van der Waals surface area contributed by atoms with Crippen LogP contribution in [-0.2, 0) is 4.79 Å². The van der Waals surface area contributed by atoms with Gasteiger partial charge < -0.3 is 10.1 Å². The lowest BCUT2D eigenvalue weighted by atomic mass is 10.3. The van der Waals surface area contributed by atoms with Gasteiger partial charge in [-0.15, -0.1) is 24.9 Å². The van der Waals surface area contributed by atoms with Crippen molar-refractivity contribution in [1.82, 2.24) is 0 Å². The van der Waals surface area contributed by atoms with Gasteiger partial charge in [0.25, 0.3) is 5.69 Å². The van der Waals surface area contributed by atoms with Gasteiger partial charge in [0.05, 0.1) is 16.4 Å². The summed E-state index contributed by atoms with van der Waals surface area (Å²) in [4.78, 5) is 22.5. The number of nitro groups is 1. The Morgan fingerprint density at radius 1 is 1.16 bits per heavy atom. The Kier molecular flexibility index (Phi) is 5.86. The third-order valence-electron chi connectivity index (χ3n) is 2.80. The van der Waals surface area contributed by atoms with Crippen LogP contribution in [0.15, 0.2) is 53.4 Å². The fourth-order valence-electron chi connectivity index (χ4n) is 1.78. The van der Waals surface area contributed by atoms with E-state index < -0.39 is 22.9 Å². The molecule has 0 unspecified atom stereocenters. The van der Waals surface area contributed by atoms with E-state index in [2.05, 4.69) is 10.1 Å². The Hall–Kier alpha value is -2.75. The van der Waals surface area contributed by atoms with Crippen LogP contribution in [0.4, 0.5) is 24.5 Å². The van der Waals surface area contributed by atoms with Crippen molar-refractivity contribution in [2.45, 2.75) is 11.3 Å². The van der Waals surface area contributed by atoms with Crippen molar-refractivity contribution in [3.8, 4) is 5.75 Å². The molecule has 1 amide bonds. The molecular weight excluding hydrogens is 361 g/mol. The van der Waals surface area contributed by atoms with Gasteiger partial charge in [-0.3, -0.25) is 14.9 Å². The Balaban J connectivity index is 1.95. The highest BCUT2D eigenvalue weighted by Crippen LogP contribution is 2.30. The number of amides is 1. The fraction of sp³-hybridized carbons (Fsp3) is 0.133. The van der Waals surface area contributed by atoms with Gasteiger partial charge in [-0.1, -0.05) is 12.1 Å². The molecule has 6 nitrogen and oxygen atoms in total. The molecule has 132 valence electrons. The monoisotopic (exact) mass is 372 g/mol. The van der Waals surface area contributed by atoms with Crippen LogP contribution in [0.3, 0.4) is 0 Å². The molecule has 0 spiro atoms. The zero-order valence-corrected chi connectivity index (χ0v) is 13.3. The minimum atomic E-state index is -4.87. The second-order valence-electron chi connectivity index (χ2n) is 4.63. The number of non-ortho nitro benzene ring substituents is 1. The van der Waals surface area contributed by atoms with Crippen molar-refractivity contribution < 1.29 is 27.6 Å². The number of alkyl halides is 3. The van der Waals surface area contributed by atoms with E-state index in [0.717, 1.165) is 17.8 Å². The summed E-state index contributed by atoms with van der Waals surface area (Å²) in [6.45, 7) is 0. The minimum absolute atomic E-state index is 0.0768. The highest BCUT2D eigenvalue weighted by Gasteiger charge is 2.32. The summed E-state index contributed by atoms with van der Waals surface area (Å²) in [5.41, 5.74) is -0.179. The van der Waals surface area contributed by atoms with Crippen molar-refractivity contribution in [2.24, 2.45) is 0 Å². The molecule has 0 aliphatic rings. The quantitative estimate of drug-likeness (QED) is 0.466. The number of hydrogen-bond donors (Lipinski definition) is 1. The third kappa shape index (κ3) is 5.99. The maximum absolute atomic E-state index is 12.3. The van der Waals surface area contributed by atoms with Crippen LogP contribution in [0.25, 0.3) is 0 Å². The third-order valence-corrected chi connectivity index (χ3v) is 3.82. The summed E-state index contributed by atoms with van der Waals surface area (Å²) in [6, 6.07) is 10.7. The number of rotatable bonds is 6. The first-order valence-electron chi connectivity index (χ1n) is 6.76. The predicted octanol–water partition coefficient (Wildman–Crippen LogP) is 4.22. The molecule has 0 radical (unpaired) electrons. The van der Waals surface area contributed by atoms with Crippen LogP contribution in [0.1, 0.15) is 0 Å². The van der Waals surface area contributed by atoms with E-state index in [1.54, 1.807) is 0 Å². The van der Waals surface area contributed by atoms with Gasteiger partial charge in [-0.2, -0.15) is 0 Å². The lowest BCUT2D eigenvalue weighted by molar-refractivity contribution is -0.384. The summed E-state index contributed by atoms with van der Waals surface area (Å²) in [7, 11) is 0. The summed E-state index contributed by atoms with van der Waals surface area (Å²) in [5.74, 6) is -1.14. The summed E-state index contributed by atoms with van der Waals surface area (Å²) >= 11 is 1.09. The first-order chi connectivity index (χ1) is 11.7. The van der Waals surface area contributed by atoms with Crippen LogP contribution in [-0.4, -0.2) is 22.9 Å². The average molecular weight is 372 g/mol. The van der Waals surface area contributed by atoms with Crippen LogP contribution in [0, 0.1) is 10.1 Å². The lowest BCUT2D eigenvalue weighted by Gasteiger charge is -2.13. The topological polar surface area (TPSA) is 81.5 Å². The maximum Gasteiger partial charge on any atom is 0.573 e. The number of carbonyl (C=O) groups is 1. The van der Waals surface area contributed by atoms with Crippen LogP contribution in [0.5, 0.6) is 5.75 Å². The molecule has 25 heavy (non-hydrogen) atoms. The molecular formula is C15H11F3N2O4S. The fourth-order valence-corrected chi connectivity index (χ4v) is 2.48. The Labute approximate surface area is 144 Å². The number of nitro benzene ring substituents is 1. The first-order valence-corrected chi connectivity index (χ1v) is 7.75. The SMILES string of the molecule is O=C(CSc1ccc([N+](=O)[O-])cc1)Nc1ccccc1OC(F)(F)F. The Morgan fingerprint density at radius 2 is 1.80 bits per heavy atom. The number of carbonyl (C=O) groups excluding carboxylic acids is 1. The zero-order chi connectivity index (χ0) is 18.4. The van der Waals surface area contributed by atoms with Crippen molar-refractivity contribution in [1.29, 1.82) is 0 Å². The number of anilines is 1. The zero-order valence-electron chi connectivity index (χ0n) is 12.4. The van der Waals surface area contributed by atoms with Gasteiger partial charge in [-0.25, -0.2) is 0 Å². The number of hydrogen-bond acceptors (Lipinski definition) is 5. The van der Waals surface area contributed by atoms with Crippen molar-refractivity contribution in [3.63, 3.8) is 0 Å². The van der Waals surface area contributed by atoms with Gasteiger partial charge in [0, 0.05) is 17.0 Å². The van der Waals surface area contributed by atoms with E-state index in [4.69, 9.17) is 0 Å². The summed E-state index contributed by atoms with van der Waals surface area (Å²) in [6.07, 6.45) is -4.87. The Bertz CT molecular complexity index is 766. The number of benzene rings is 2. The predicted molar refractivity (Wildman–Crippen MR) is 85.6 cm³/mol. The van der Waals surface area contributed by atoms with E-state index in [1.807, 2.05) is 0 Å². The van der Waals surface area contributed by atoms with E-state index in [-0.39, 0.29) is 17.1 Å². The minimum Gasteiger partial charge on any atom is -0.404 e. The van der Waals surface area contributed by atoms with Gasteiger partial charge in [-0.05, 0) is 24.3 Å². The van der Waals surface area contributed by atoms with Gasteiger partial charge in [0.1, 0.15) is 0 Å². The second-order valence-corrected chi connectivity index (χ2v) is 5.68. The van der Waals surface area contributed by atoms with E-state index in [1.165, 1.54) is 42.5 Å². The number of para-hydroxylation sites is 2. The van der Waals surface area contributed by atoms with Crippen molar-refractivity contribution in [3.05, 3.63) is 58.6 Å². The molecule has 2 aromatic carbocycles. The van der Waals surface area contributed by atoms with Crippen LogP contribution < -0.4 is 10.1 Å². The molecule has 0 fully saturated rings. The molecule has 0 heterocycles. The van der Waals surface area contributed by atoms with Gasteiger partial charge in [0.2, 0.25) is 5.91 Å². The van der Waals surface area contributed by atoms with Crippen molar-refractivity contribution >= 4 is 29.0 Å². The second kappa shape index (κ2) is 7.88. The van der Waals surface area contributed by atoms with Crippen LogP contribution in [0.2, 0.25) is 0 Å². The molecule has 0 saturated heterocycles. The molecule has 1 N–H and O–H groups in total. The Morgan fingerprint density at radius 3 is 2.40 bits per heavy atom. The van der Waals surface area contributed by atoms with Crippen LogP contribution >= 0.6 is 11.8 Å². The number of ether oxygens (including phenoxy) is 1. The molecule has 0 aromatic heterocycles. The first kappa shape index (κ1) is 18.6. The molecule has 2 rings (SSSR count). The molecule has 2 aromatic rings. The number of nitrogens with one attached hydrogen (secondary N) is 1. The summed E-state index contributed by atoms with van der Waals surface area (Å²) in [5, 5.41) is 12.9. The molecule has 0 aliphatic carbocycles. The average Bonchev–Trinajstić information content (AvgIpc) is 2.54. The molecule has 0 aliphatic heterocycles. The maximum atomic E-state index is 12.3. The van der Waals surface area contributed by atoms with E-state index in [0.29, 0.717) is 4.90 Å². The summed E-state index contributed by atoms with van der Waals surface area (Å²) < 4.78 is 40.8. The molecule has 0 atom stereocenters.